The number of rotatable bonds is 5. The first-order valence-electron chi connectivity index (χ1n) is 8.05. The van der Waals surface area contributed by atoms with E-state index < -0.39 is 24.1 Å². The molecule has 1 aliphatic heterocycles. The minimum Gasteiger partial charge on any atom is -0.435 e. The zero-order chi connectivity index (χ0) is 18.9. The Balaban J connectivity index is 1.83. The molecule has 1 fully saturated rings. The molecule has 1 aliphatic rings. The smallest absolute Gasteiger partial charge is 0.387 e. The summed E-state index contributed by atoms with van der Waals surface area (Å²) in [5.41, 5.74) is 1.09. The van der Waals surface area contributed by atoms with E-state index in [0.717, 1.165) is 16.0 Å². The molecule has 1 atom stereocenters. The van der Waals surface area contributed by atoms with Crippen molar-refractivity contribution >= 4 is 11.9 Å². The number of nitrogens with one attached hydrogen (secondary N) is 1. The maximum Gasteiger partial charge on any atom is 0.387 e. The first-order chi connectivity index (χ1) is 12.3. The molecule has 1 N–H and O–H groups in total. The lowest BCUT2D eigenvalue weighted by Gasteiger charge is -2.22. The summed E-state index contributed by atoms with van der Waals surface area (Å²) in [6.07, 6.45) is 0. The minimum atomic E-state index is -2.92. The fourth-order valence-electron chi connectivity index (χ4n) is 2.96. The van der Waals surface area contributed by atoms with Gasteiger partial charge >= 0.3 is 12.6 Å². The molecular weight excluding hydrogens is 342 g/mol. The monoisotopic (exact) mass is 360 g/mol. The van der Waals surface area contributed by atoms with E-state index in [2.05, 4.69) is 10.1 Å². The SMILES string of the molecule is Cc1ccccc1CN1C(=O)N[C@](C)(c2ccc(OC(F)F)cc2)C1=O. The van der Waals surface area contributed by atoms with Crippen molar-refractivity contribution in [2.24, 2.45) is 0 Å². The van der Waals surface area contributed by atoms with Gasteiger partial charge in [0.15, 0.2) is 0 Å². The Hall–Kier alpha value is -2.96. The largest absolute Gasteiger partial charge is 0.435 e. The van der Waals surface area contributed by atoms with E-state index in [9.17, 15) is 18.4 Å². The number of nitrogens with zero attached hydrogens (tertiary/aromatic N) is 1. The van der Waals surface area contributed by atoms with Crippen LogP contribution in [0, 0.1) is 6.92 Å². The van der Waals surface area contributed by atoms with Crippen molar-refractivity contribution < 1.29 is 23.1 Å². The van der Waals surface area contributed by atoms with Crippen molar-refractivity contribution in [3.63, 3.8) is 0 Å². The van der Waals surface area contributed by atoms with Gasteiger partial charge in [0.2, 0.25) is 0 Å². The molecule has 0 unspecified atom stereocenters. The van der Waals surface area contributed by atoms with Crippen molar-refractivity contribution in [2.45, 2.75) is 32.5 Å². The quantitative estimate of drug-likeness (QED) is 0.830. The molecule has 2 aromatic rings. The van der Waals surface area contributed by atoms with Crippen molar-refractivity contribution in [3.05, 3.63) is 65.2 Å². The first kappa shape index (κ1) is 17.8. The number of carbonyl (C=O) groups is 2. The van der Waals surface area contributed by atoms with Gasteiger partial charge in [0.1, 0.15) is 11.3 Å². The summed E-state index contributed by atoms with van der Waals surface area (Å²) in [5.74, 6) is -0.408. The normalized spacial score (nSPS) is 19.8. The third-order valence-electron chi connectivity index (χ3n) is 4.52. The fourth-order valence-corrected chi connectivity index (χ4v) is 2.96. The predicted octanol–water partition coefficient (Wildman–Crippen LogP) is 3.56. The van der Waals surface area contributed by atoms with Gasteiger partial charge in [-0.05, 0) is 42.7 Å². The van der Waals surface area contributed by atoms with Crippen molar-refractivity contribution in [2.75, 3.05) is 0 Å². The number of aryl methyl sites for hydroxylation is 1. The number of urea groups is 1. The van der Waals surface area contributed by atoms with Gasteiger partial charge in [0.25, 0.3) is 5.91 Å². The number of benzene rings is 2. The summed E-state index contributed by atoms with van der Waals surface area (Å²) in [6, 6.07) is 12.7. The number of halogens is 2. The fraction of sp³-hybridized carbons (Fsp3) is 0.263. The zero-order valence-electron chi connectivity index (χ0n) is 14.3. The van der Waals surface area contributed by atoms with Gasteiger partial charge in [-0.3, -0.25) is 9.69 Å². The average Bonchev–Trinajstić information content (AvgIpc) is 2.81. The Bertz CT molecular complexity index is 839. The van der Waals surface area contributed by atoms with E-state index in [1.165, 1.54) is 24.3 Å². The Morgan fingerprint density at radius 3 is 2.38 bits per heavy atom. The maximum absolute atomic E-state index is 12.9. The second-order valence-corrected chi connectivity index (χ2v) is 6.28. The lowest BCUT2D eigenvalue weighted by Crippen LogP contribution is -2.40. The summed E-state index contributed by atoms with van der Waals surface area (Å²) in [4.78, 5) is 26.4. The van der Waals surface area contributed by atoms with E-state index in [4.69, 9.17) is 0 Å². The lowest BCUT2D eigenvalue weighted by atomic mass is 9.92. The highest BCUT2D eigenvalue weighted by Gasteiger charge is 2.48. The molecule has 1 saturated heterocycles. The zero-order valence-corrected chi connectivity index (χ0v) is 14.3. The molecule has 2 aromatic carbocycles. The second kappa shape index (κ2) is 6.74. The molecule has 3 rings (SSSR count). The van der Waals surface area contributed by atoms with Gasteiger partial charge in [0, 0.05) is 0 Å². The van der Waals surface area contributed by atoms with Crippen LogP contribution in [0.2, 0.25) is 0 Å². The van der Waals surface area contributed by atoms with Crippen molar-refractivity contribution in [1.82, 2.24) is 10.2 Å². The van der Waals surface area contributed by atoms with Gasteiger partial charge in [-0.15, -0.1) is 0 Å². The van der Waals surface area contributed by atoms with Gasteiger partial charge in [0.05, 0.1) is 6.54 Å². The molecule has 5 nitrogen and oxygen atoms in total. The standard InChI is InChI=1S/C19H18F2N2O3/c1-12-5-3-4-6-13(12)11-23-16(24)19(2,22-18(23)25)14-7-9-15(10-8-14)26-17(20)21/h3-10,17H,11H2,1-2H3,(H,22,25)/t19-/m1/s1. The minimum absolute atomic E-state index is 0.0131. The maximum atomic E-state index is 12.9. The van der Waals surface area contributed by atoms with Crippen LogP contribution in [0.15, 0.2) is 48.5 Å². The molecule has 7 heteroatoms. The average molecular weight is 360 g/mol. The Morgan fingerprint density at radius 1 is 1.12 bits per heavy atom. The topological polar surface area (TPSA) is 58.6 Å². The molecule has 0 spiro atoms. The third-order valence-corrected chi connectivity index (χ3v) is 4.52. The molecule has 3 amide bonds. The number of imide groups is 1. The molecule has 0 aromatic heterocycles. The molecule has 0 radical (unpaired) electrons. The van der Waals surface area contributed by atoms with Crippen LogP contribution < -0.4 is 10.1 Å². The van der Waals surface area contributed by atoms with Crippen LogP contribution in [-0.2, 0) is 16.9 Å². The number of ether oxygens (including phenoxy) is 1. The number of hydrogen-bond donors (Lipinski definition) is 1. The molecule has 0 aliphatic carbocycles. The highest BCUT2D eigenvalue weighted by Crippen LogP contribution is 2.31. The Labute approximate surface area is 149 Å². The summed E-state index contributed by atoms with van der Waals surface area (Å²) in [6.45, 7) is 0.747. The molecule has 1 heterocycles. The number of amides is 3. The van der Waals surface area contributed by atoms with E-state index in [0.29, 0.717) is 5.56 Å². The van der Waals surface area contributed by atoms with Crippen molar-refractivity contribution in [1.29, 1.82) is 0 Å². The Morgan fingerprint density at radius 2 is 1.77 bits per heavy atom. The summed E-state index contributed by atoms with van der Waals surface area (Å²) in [5, 5.41) is 2.69. The number of alkyl halides is 2. The van der Waals surface area contributed by atoms with Crippen LogP contribution >= 0.6 is 0 Å². The van der Waals surface area contributed by atoms with Crippen LogP contribution in [0.1, 0.15) is 23.6 Å². The highest BCUT2D eigenvalue weighted by molar-refractivity contribution is 6.07. The van der Waals surface area contributed by atoms with E-state index >= 15 is 0 Å². The van der Waals surface area contributed by atoms with Crippen LogP contribution in [0.25, 0.3) is 0 Å². The van der Waals surface area contributed by atoms with Crippen LogP contribution in [-0.4, -0.2) is 23.4 Å². The predicted molar refractivity (Wildman–Crippen MR) is 90.7 cm³/mol. The van der Waals surface area contributed by atoms with Crippen LogP contribution in [0.4, 0.5) is 13.6 Å². The van der Waals surface area contributed by atoms with E-state index in [1.54, 1.807) is 6.92 Å². The molecule has 0 saturated carbocycles. The number of carbonyl (C=O) groups excluding carboxylic acids is 2. The van der Waals surface area contributed by atoms with Crippen LogP contribution in [0.5, 0.6) is 5.75 Å². The Kier molecular flexibility index (Phi) is 4.63. The van der Waals surface area contributed by atoms with Gasteiger partial charge in [-0.2, -0.15) is 8.78 Å². The second-order valence-electron chi connectivity index (χ2n) is 6.28. The number of hydrogen-bond acceptors (Lipinski definition) is 3. The van der Waals surface area contributed by atoms with Gasteiger partial charge in [-0.25, -0.2) is 4.79 Å². The summed E-state index contributed by atoms with van der Waals surface area (Å²) in [7, 11) is 0. The summed E-state index contributed by atoms with van der Waals surface area (Å²) < 4.78 is 28.8. The molecule has 0 bridgehead atoms. The van der Waals surface area contributed by atoms with Gasteiger partial charge < -0.3 is 10.1 Å². The van der Waals surface area contributed by atoms with Gasteiger partial charge in [-0.1, -0.05) is 36.4 Å². The molecule has 26 heavy (non-hydrogen) atoms. The third kappa shape index (κ3) is 3.24. The van der Waals surface area contributed by atoms with E-state index in [1.807, 2.05) is 31.2 Å². The van der Waals surface area contributed by atoms with Crippen molar-refractivity contribution in [3.8, 4) is 5.75 Å². The van der Waals surface area contributed by atoms with E-state index in [-0.39, 0.29) is 12.3 Å². The molecule has 136 valence electrons. The lowest BCUT2D eigenvalue weighted by molar-refractivity contribution is -0.131. The molecular formula is C19H18F2N2O3. The first-order valence-corrected chi connectivity index (χ1v) is 8.05. The summed E-state index contributed by atoms with van der Waals surface area (Å²) >= 11 is 0. The van der Waals surface area contributed by atoms with Crippen LogP contribution in [0.3, 0.4) is 0 Å². The highest BCUT2D eigenvalue weighted by atomic mass is 19.3.